The van der Waals surface area contributed by atoms with Gasteiger partial charge in [-0.2, -0.15) is 0 Å². The molecule has 2 aliphatic rings. The number of carbonyl (C=O) groups excluding carboxylic acids is 1. The number of nitrogens with one attached hydrogen (secondary N) is 1. The Balaban J connectivity index is 1.68. The lowest BCUT2D eigenvalue weighted by atomic mass is 9.95. The molecule has 1 aromatic rings. The number of likely N-dealkylation sites (tertiary alicyclic amines) is 2. The lowest BCUT2D eigenvalue weighted by Crippen LogP contribution is -3.12. The molecule has 1 amide bonds. The fourth-order valence-electron chi connectivity index (χ4n) is 4.57. The van der Waals surface area contributed by atoms with Gasteiger partial charge < -0.3 is 24.0 Å². The van der Waals surface area contributed by atoms with E-state index in [-0.39, 0.29) is 5.92 Å². The predicted octanol–water partition coefficient (Wildman–Crippen LogP) is 1.91. The van der Waals surface area contributed by atoms with Gasteiger partial charge in [0.05, 0.1) is 45.9 Å². The average molecular weight is 392 g/mol. The van der Waals surface area contributed by atoms with Crippen LogP contribution >= 0.6 is 0 Å². The Morgan fingerprint density at radius 1 is 0.964 bits per heavy atom. The maximum absolute atomic E-state index is 13.1. The van der Waals surface area contributed by atoms with Crippen LogP contribution in [0.3, 0.4) is 0 Å². The van der Waals surface area contributed by atoms with Crippen LogP contribution in [-0.2, 0) is 11.3 Å². The Bertz CT molecular complexity index is 656. The molecule has 1 N–H and O–H groups in total. The van der Waals surface area contributed by atoms with Gasteiger partial charge in [-0.05, 0) is 31.7 Å². The van der Waals surface area contributed by atoms with Crippen LogP contribution in [0.25, 0.3) is 0 Å². The normalized spacial score (nSPS) is 23.0. The zero-order valence-electron chi connectivity index (χ0n) is 17.6. The highest BCUT2D eigenvalue weighted by atomic mass is 16.5. The van der Waals surface area contributed by atoms with E-state index in [0.29, 0.717) is 17.4 Å². The number of hydrogen-bond acceptors (Lipinski definition) is 4. The summed E-state index contributed by atoms with van der Waals surface area (Å²) in [6, 6.07) is 3.89. The van der Waals surface area contributed by atoms with E-state index in [1.807, 2.05) is 12.1 Å². The second-order valence-electron chi connectivity index (χ2n) is 7.98. The molecule has 156 valence electrons. The summed E-state index contributed by atoms with van der Waals surface area (Å²) in [4.78, 5) is 16.6. The van der Waals surface area contributed by atoms with E-state index in [4.69, 9.17) is 14.2 Å². The number of ether oxygens (including phenoxy) is 3. The SMILES string of the molecule is COc1cc(OC)c(OC)cc1C[NH+]1CCC[C@@H](C(=O)N2CCCCCC2)C1. The van der Waals surface area contributed by atoms with E-state index in [1.165, 1.54) is 17.7 Å². The number of methoxy groups -OCH3 is 3. The van der Waals surface area contributed by atoms with Gasteiger partial charge in [-0.3, -0.25) is 4.79 Å². The molecule has 1 aromatic carbocycles. The maximum atomic E-state index is 13.1. The Labute approximate surface area is 168 Å². The summed E-state index contributed by atoms with van der Waals surface area (Å²) < 4.78 is 16.4. The van der Waals surface area contributed by atoms with Crippen molar-refractivity contribution in [3.8, 4) is 17.2 Å². The number of rotatable bonds is 6. The number of piperidine rings is 1. The zero-order chi connectivity index (χ0) is 19.9. The molecule has 0 aromatic heterocycles. The highest BCUT2D eigenvalue weighted by Crippen LogP contribution is 2.34. The van der Waals surface area contributed by atoms with Crippen LogP contribution in [0.15, 0.2) is 12.1 Å². The number of hydrogen-bond donors (Lipinski definition) is 1. The fraction of sp³-hybridized carbons (Fsp3) is 0.682. The van der Waals surface area contributed by atoms with Gasteiger partial charge in [-0.15, -0.1) is 0 Å². The van der Waals surface area contributed by atoms with Gasteiger partial charge >= 0.3 is 0 Å². The summed E-state index contributed by atoms with van der Waals surface area (Å²) in [6.07, 6.45) is 6.92. The zero-order valence-corrected chi connectivity index (χ0v) is 17.6. The van der Waals surface area contributed by atoms with Crippen LogP contribution in [-0.4, -0.2) is 58.3 Å². The predicted molar refractivity (Wildman–Crippen MR) is 108 cm³/mol. The number of nitrogens with zero attached hydrogens (tertiary/aromatic N) is 1. The minimum Gasteiger partial charge on any atom is -0.496 e. The molecule has 2 fully saturated rings. The Morgan fingerprint density at radius 2 is 1.61 bits per heavy atom. The lowest BCUT2D eigenvalue weighted by molar-refractivity contribution is -0.921. The van der Waals surface area contributed by atoms with Gasteiger partial charge in [-0.25, -0.2) is 0 Å². The van der Waals surface area contributed by atoms with Gasteiger partial charge in [0, 0.05) is 19.2 Å². The van der Waals surface area contributed by atoms with Gasteiger partial charge in [0.2, 0.25) is 5.91 Å². The van der Waals surface area contributed by atoms with Crippen LogP contribution in [0.1, 0.15) is 44.1 Å². The van der Waals surface area contributed by atoms with Crippen molar-refractivity contribution in [1.82, 2.24) is 4.90 Å². The highest BCUT2D eigenvalue weighted by Gasteiger charge is 2.32. The third-order valence-electron chi connectivity index (χ3n) is 6.11. The molecular formula is C22H35N2O4+. The topological polar surface area (TPSA) is 52.4 Å². The second kappa shape index (κ2) is 10.0. The standard InChI is InChI=1S/C22H34N2O4/c1-26-19-14-21(28-3)20(27-2)13-18(19)16-23-10-8-9-17(15-23)22(25)24-11-6-4-5-7-12-24/h13-14,17H,4-12,15-16H2,1-3H3/p+1/t17-/m1/s1. The lowest BCUT2D eigenvalue weighted by Gasteiger charge is -2.32. The van der Waals surface area contributed by atoms with Crippen molar-refractivity contribution in [1.29, 1.82) is 0 Å². The molecular weight excluding hydrogens is 356 g/mol. The first-order valence-corrected chi connectivity index (χ1v) is 10.6. The van der Waals surface area contributed by atoms with Crippen molar-refractivity contribution >= 4 is 5.91 Å². The molecule has 2 heterocycles. The van der Waals surface area contributed by atoms with Crippen LogP contribution in [0.2, 0.25) is 0 Å². The van der Waals surface area contributed by atoms with Crippen molar-refractivity contribution in [2.24, 2.45) is 5.92 Å². The monoisotopic (exact) mass is 391 g/mol. The van der Waals surface area contributed by atoms with Gasteiger partial charge in [0.15, 0.2) is 11.5 Å². The summed E-state index contributed by atoms with van der Waals surface area (Å²) in [5, 5.41) is 0. The van der Waals surface area contributed by atoms with Crippen molar-refractivity contribution < 1.29 is 23.9 Å². The minimum atomic E-state index is 0.146. The molecule has 0 aliphatic carbocycles. The van der Waals surface area contributed by atoms with Gasteiger partial charge in [-0.1, -0.05) is 12.8 Å². The molecule has 28 heavy (non-hydrogen) atoms. The summed E-state index contributed by atoms with van der Waals surface area (Å²) in [7, 11) is 4.96. The minimum absolute atomic E-state index is 0.146. The van der Waals surface area contributed by atoms with Gasteiger partial charge in [0.25, 0.3) is 0 Å². The second-order valence-corrected chi connectivity index (χ2v) is 7.98. The van der Waals surface area contributed by atoms with E-state index in [0.717, 1.165) is 69.7 Å². The Hall–Kier alpha value is -1.95. The van der Waals surface area contributed by atoms with Crippen LogP contribution < -0.4 is 19.1 Å². The third-order valence-corrected chi connectivity index (χ3v) is 6.11. The van der Waals surface area contributed by atoms with Crippen molar-refractivity contribution in [3.05, 3.63) is 17.7 Å². The number of carbonyl (C=O) groups is 1. The first-order valence-electron chi connectivity index (χ1n) is 10.6. The highest BCUT2D eigenvalue weighted by molar-refractivity contribution is 5.79. The van der Waals surface area contributed by atoms with Crippen LogP contribution in [0.5, 0.6) is 17.2 Å². The van der Waals surface area contributed by atoms with E-state index in [2.05, 4.69) is 4.90 Å². The first-order chi connectivity index (χ1) is 13.7. The van der Waals surface area contributed by atoms with E-state index in [9.17, 15) is 4.79 Å². The molecule has 6 nitrogen and oxygen atoms in total. The van der Waals surface area contributed by atoms with Gasteiger partial charge in [0.1, 0.15) is 12.3 Å². The summed E-state index contributed by atoms with van der Waals surface area (Å²) in [5.41, 5.74) is 1.10. The molecule has 3 rings (SSSR count). The van der Waals surface area contributed by atoms with Crippen molar-refractivity contribution in [2.75, 3.05) is 47.5 Å². The molecule has 0 spiro atoms. The first kappa shape index (κ1) is 20.8. The summed E-state index contributed by atoms with van der Waals surface area (Å²) in [5.74, 6) is 2.72. The van der Waals surface area contributed by atoms with Crippen LogP contribution in [0, 0.1) is 5.92 Å². The molecule has 1 unspecified atom stereocenters. The Morgan fingerprint density at radius 3 is 2.25 bits per heavy atom. The molecule has 0 radical (unpaired) electrons. The molecule has 2 saturated heterocycles. The Kier molecular flexibility index (Phi) is 7.43. The van der Waals surface area contributed by atoms with Crippen molar-refractivity contribution in [2.45, 2.75) is 45.1 Å². The average Bonchev–Trinajstić information content (AvgIpc) is 3.02. The number of amides is 1. The smallest absolute Gasteiger partial charge is 0.231 e. The van der Waals surface area contributed by atoms with Crippen LogP contribution in [0.4, 0.5) is 0 Å². The van der Waals surface area contributed by atoms with E-state index < -0.39 is 0 Å². The summed E-state index contributed by atoms with van der Waals surface area (Å²) in [6.45, 7) is 4.68. The van der Waals surface area contributed by atoms with E-state index in [1.54, 1.807) is 21.3 Å². The maximum Gasteiger partial charge on any atom is 0.231 e. The molecule has 0 saturated carbocycles. The fourth-order valence-corrected chi connectivity index (χ4v) is 4.57. The molecule has 0 bridgehead atoms. The van der Waals surface area contributed by atoms with E-state index >= 15 is 0 Å². The molecule has 2 aliphatic heterocycles. The summed E-state index contributed by atoms with van der Waals surface area (Å²) >= 11 is 0. The van der Waals surface area contributed by atoms with Crippen molar-refractivity contribution in [3.63, 3.8) is 0 Å². The molecule has 2 atom stereocenters. The third kappa shape index (κ3) is 4.90. The quantitative estimate of drug-likeness (QED) is 0.805. The number of quaternary nitrogens is 1. The number of benzene rings is 1. The molecule has 6 heteroatoms. The largest absolute Gasteiger partial charge is 0.496 e.